The summed E-state index contributed by atoms with van der Waals surface area (Å²) in [6, 6.07) is 0.477. The molecule has 0 aliphatic carbocycles. The molecule has 5 heteroatoms. The molecule has 0 aromatic heterocycles. The van der Waals surface area contributed by atoms with E-state index in [4.69, 9.17) is 0 Å². The minimum atomic E-state index is 0. The molecule has 0 aromatic rings. The lowest BCUT2D eigenvalue weighted by atomic mass is 10.2. The lowest BCUT2D eigenvalue weighted by Gasteiger charge is -2.21. The number of rotatable bonds is 10. The van der Waals surface area contributed by atoms with Gasteiger partial charge in [0.1, 0.15) is 0 Å². The van der Waals surface area contributed by atoms with Crippen LogP contribution in [-0.2, 0) is 0 Å². The third-order valence-corrected chi connectivity index (χ3v) is 3.23. The molecule has 0 rings (SSSR count). The molecule has 0 heterocycles. The van der Waals surface area contributed by atoms with E-state index < -0.39 is 0 Å². The largest absolute Gasteiger partial charge is 0.357 e. The summed E-state index contributed by atoms with van der Waals surface area (Å²) < 4.78 is 0. The number of guanidine groups is 1. The third-order valence-electron chi connectivity index (χ3n) is 3.23. The highest BCUT2D eigenvalue weighted by Gasteiger charge is 2.06. The second kappa shape index (κ2) is 15.4. The summed E-state index contributed by atoms with van der Waals surface area (Å²) in [6.07, 6.45) is 3.52. The predicted molar refractivity (Wildman–Crippen MR) is 101 cm³/mol. The molecule has 0 saturated carbocycles. The Morgan fingerprint density at radius 1 is 1.15 bits per heavy atom. The molecule has 4 nitrogen and oxygen atoms in total. The highest BCUT2D eigenvalue weighted by atomic mass is 127. The highest BCUT2D eigenvalue weighted by molar-refractivity contribution is 14.0. The van der Waals surface area contributed by atoms with Crippen LogP contribution < -0.4 is 10.6 Å². The van der Waals surface area contributed by atoms with Crippen LogP contribution in [0.15, 0.2) is 4.99 Å². The molecule has 0 spiro atoms. The Morgan fingerprint density at radius 3 is 2.30 bits per heavy atom. The van der Waals surface area contributed by atoms with Gasteiger partial charge in [-0.2, -0.15) is 0 Å². The van der Waals surface area contributed by atoms with E-state index in [2.05, 4.69) is 55.1 Å². The Labute approximate surface area is 143 Å². The number of aliphatic imine (C=N–C) groups is 1. The summed E-state index contributed by atoms with van der Waals surface area (Å²) in [5, 5.41) is 6.78. The smallest absolute Gasteiger partial charge is 0.191 e. The molecule has 2 N–H and O–H groups in total. The summed E-state index contributed by atoms with van der Waals surface area (Å²) >= 11 is 0. The summed E-state index contributed by atoms with van der Waals surface area (Å²) in [7, 11) is 0. The molecule has 0 amide bonds. The van der Waals surface area contributed by atoms with Gasteiger partial charge in [0, 0.05) is 19.1 Å². The van der Waals surface area contributed by atoms with Crippen molar-refractivity contribution in [2.75, 3.05) is 32.7 Å². The molecule has 0 radical (unpaired) electrons. The molecule has 0 bridgehead atoms. The van der Waals surface area contributed by atoms with Gasteiger partial charge in [0.05, 0.1) is 0 Å². The van der Waals surface area contributed by atoms with Gasteiger partial charge in [0.25, 0.3) is 0 Å². The number of hydrogen-bond donors (Lipinski definition) is 2. The Bertz CT molecular complexity index is 230. The number of halogens is 1. The first-order valence-electron chi connectivity index (χ1n) is 7.94. The molecule has 20 heavy (non-hydrogen) atoms. The fraction of sp³-hybridized carbons (Fsp3) is 0.933. The zero-order valence-electron chi connectivity index (χ0n) is 14.0. The summed E-state index contributed by atoms with van der Waals surface area (Å²) in [6.45, 7) is 16.3. The summed E-state index contributed by atoms with van der Waals surface area (Å²) in [5.41, 5.74) is 0. The van der Waals surface area contributed by atoms with E-state index >= 15 is 0 Å². The van der Waals surface area contributed by atoms with Gasteiger partial charge >= 0.3 is 0 Å². The maximum absolute atomic E-state index is 4.53. The van der Waals surface area contributed by atoms with Crippen molar-refractivity contribution in [1.82, 2.24) is 15.5 Å². The fourth-order valence-electron chi connectivity index (χ4n) is 2.01. The second-order valence-electron chi connectivity index (χ2n) is 4.98. The average Bonchev–Trinajstić information content (AvgIpc) is 2.41. The van der Waals surface area contributed by atoms with Crippen molar-refractivity contribution in [2.45, 2.75) is 59.9 Å². The molecule has 1 unspecified atom stereocenters. The van der Waals surface area contributed by atoms with Crippen LogP contribution >= 0.6 is 24.0 Å². The number of hydrogen-bond acceptors (Lipinski definition) is 2. The van der Waals surface area contributed by atoms with E-state index in [1.807, 2.05) is 0 Å². The molecule has 0 aliphatic heterocycles. The van der Waals surface area contributed by atoms with Crippen molar-refractivity contribution in [1.29, 1.82) is 0 Å². The zero-order chi connectivity index (χ0) is 14.5. The summed E-state index contributed by atoms with van der Waals surface area (Å²) in [5.74, 6) is 0.958. The van der Waals surface area contributed by atoms with Crippen molar-refractivity contribution in [2.24, 2.45) is 4.99 Å². The molecule has 1 atom stereocenters. The number of nitrogens with zero attached hydrogens (tertiary/aromatic N) is 2. The Kier molecular flexibility index (Phi) is 17.1. The van der Waals surface area contributed by atoms with Gasteiger partial charge < -0.3 is 15.5 Å². The molecule has 122 valence electrons. The molecule has 0 aliphatic rings. The van der Waals surface area contributed by atoms with E-state index in [-0.39, 0.29) is 24.0 Å². The Morgan fingerprint density at radius 2 is 1.80 bits per heavy atom. The predicted octanol–water partition coefficient (Wildman–Crippen LogP) is 3.08. The molecular weight excluding hydrogens is 363 g/mol. The lowest BCUT2D eigenvalue weighted by Crippen LogP contribution is -2.42. The van der Waals surface area contributed by atoms with Gasteiger partial charge in [-0.15, -0.1) is 24.0 Å². The van der Waals surface area contributed by atoms with Crippen molar-refractivity contribution < 1.29 is 0 Å². The molecule has 0 saturated heterocycles. The van der Waals surface area contributed by atoms with Crippen LogP contribution in [0.5, 0.6) is 0 Å². The average molecular weight is 398 g/mol. The highest BCUT2D eigenvalue weighted by Crippen LogP contribution is 1.99. The molecule has 0 aromatic carbocycles. The minimum Gasteiger partial charge on any atom is -0.357 e. The van der Waals surface area contributed by atoms with E-state index in [1.165, 1.54) is 19.4 Å². The van der Waals surface area contributed by atoms with Crippen LogP contribution in [0.25, 0.3) is 0 Å². The SMILES string of the molecule is CCCN=C(NCC)NC(C)CCCN(CC)CC.I. The van der Waals surface area contributed by atoms with Crippen LogP contribution in [0, 0.1) is 0 Å². The topological polar surface area (TPSA) is 39.7 Å². The van der Waals surface area contributed by atoms with Crippen LogP contribution in [0.1, 0.15) is 53.9 Å². The van der Waals surface area contributed by atoms with E-state index in [0.717, 1.165) is 38.6 Å². The second-order valence-corrected chi connectivity index (χ2v) is 4.98. The van der Waals surface area contributed by atoms with Gasteiger partial charge in [0.15, 0.2) is 5.96 Å². The quantitative estimate of drug-likeness (QED) is 0.338. The fourth-order valence-corrected chi connectivity index (χ4v) is 2.01. The minimum absolute atomic E-state index is 0. The van der Waals surface area contributed by atoms with Crippen LogP contribution in [0.4, 0.5) is 0 Å². The third kappa shape index (κ3) is 11.8. The normalized spacial score (nSPS) is 13.0. The maximum atomic E-state index is 4.53. The van der Waals surface area contributed by atoms with Crippen molar-refractivity contribution in [3.05, 3.63) is 0 Å². The zero-order valence-corrected chi connectivity index (χ0v) is 16.4. The van der Waals surface area contributed by atoms with Gasteiger partial charge in [-0.25, -0.2) is 0 Å². The first kappa shape index (κ1) is 22.2. The maximum Gasteiger partial charge on any atom is 0.191 e. The van der Waals surface area contributed by atoms with Gasteiger partial charge in [-0.1, -0.05) is 20.8 Å². The molecule has 0 fully saturated rings. The number of nitrogens with one attached hydrogen (secondary N) is 2. The van der Waals surface area contributed by atoms with E-state index in [0.29, 0.717) is 6.04 Å². The monoisotopic (exact) mass is 398 g/mol. The van der Waals surface area contributed by atoms with E-state index in [9.17, 15) is 0 Å². The van der Waals surface area contributed by atoms with Crippen LogP contribution in [-0.4, -0.2) is 49.6 Å². The Balaban J connectivity index is 0. The Hall–Kier alpha value is -0.0400. The van der Waals surface area contributed by atoms with Gasteiger partial charge in [-0.05, 0) is 52.7 Å². The van der Waals surface area contributed by atoms with Crippen molar-refractivity contribution in [3.8, 4) is 0 Å². The van der Waals surface area contributed by atoms with Crippen molar-refractivity contribution >= 4 is 29.9 Å². The van der Waals surface area contributed by atoms with Gasteiger partial charge in [0.2, 0.25) is 0 Å². The van der Waals surface area contributed by atoms with Crippen LogP contribution in [0.2, 0.25) is 0 Å². The van der Waals surface area contributed by atoms with E-state index in [1.54, 1.807) is 0 Å². The van der Waals surface area contributed by atoms with Crippen LogP contribution in [0.3, 0.4) is 0 Å². The standard InChI is InChI=1S/C15H34N4.HI/c1-6-12-17-15(16-7-2)18-14(5)11-10-13-19(8-3)9-4;/h14H,6-13H2,1-5H3,(H2,16,17,18);1H. The first-order valence-corrected chi connectivity index (χ1v) is 7.94. The molecular formula is C15H35IN4. The lowest BCUT2D eigenvalue weighted by molar-refractivity contribution is 0.292. The van der Waals surface area contributed by atoms with Crippen molar-refractivity contribution in [3.63, 3.8) is 0 Å². The van der Waals surface area contributed by atoms with Gasteiger partial charge in [-0.3, -0.25) is 4.99 Å². The summed E-state index contributed by atoms with van der Waals surface area (Å²) in [4.78, 5) is 7.01. The first-order chi connectivity index (χ1) is 9.17.